The highest BCUT2D eigenvalue weighted by Gasteiger charge is 2.04. The predicted octanol–water partition coefficient (Wildman–Crippen LogP) is 5.84. The van der Waals surface area contributed by atoms with Crippen molar-refractivity contribution in [2.75, 3.05) is 5.43 Å². The van der Waals surface area contributed by atoms with E-state index in [4.69, 9.17) is 22.6 Å². The quantitative estimate of drug-likeness (QED) is 0.228. The van der Waals surface area contributed by atoms with Gasteiger partial charge < -0.3 is 5.73 Å². The molecule has 3 aromatic carbocycles. The molecule has 0 amide bonds. The number of nitrogens with one attached hydrogen (secondary N) is 1. The maximum atomic E-state index is 8.94. The molecule has 0 unspecified atom stereocenters. The van der Waals surface area contributed by atoms with Gasteiger partial charge in [0, 0.05) is 10.6 Å². The lowest BCUT2D eigenvalue weighted by Crippen LogP contribution is -2.13. The third kappa shape index (κ3) is 5.43. The number of anilines is 1. The van der Waals surface area contributed by atoms with Gasteiger partial charge in [0.15, 0.2) is 0 Å². The number of aryl methyl sites for hydroxylation is 2. The number of hydrogen-bond acceptors (Lipinski definition) is 4. The number of hydrogen-bond donors (Lipinski definition) is 2. The second-order valence-corrected chi connectivity index (χ2v) is 7.22. The summed E-state index contributed by atoms with van der Waals surface area (Å²) in [5.74, 6) is 0.461. The van der Waals surface area contributed by atoms with Crippen molar-refractivity contribution in [3.05, 3.63) is 93.5 Å². The van der Waals surface area contributed by atoms with E-state index in [1.165, 1.54) is 0 Å². The van der Waals surface area contributed by atoms with Gasteiger partial charge in [0.05, 0.1) is 29.6 Å². The lowest BCUT2D eigenvalue weighted by atomic mass is 10.1. The summed E-state index contributed by atoms with van der Waals surface area (Å²) in [6.45, 7) is 4.33. The molecule has 0 spiro atoms. The van der Waals surface area contributed by atoms with Crippen molar-refractivity contribution in [2.45, 2.75) is 20.4 Å². The van der Waals surface area contributed by atoms with Crippen LogP contribution in [0.15, 0.2) is 76.0 Å². The Labute approximate surface area is 180 Å². The number of nitriles is 1. The standard InChI is InChI=1S/C23H21ClN6/c1-15-11-18(13-25)5-9-21(15)28-30-29-22-10-6-19(12-16(22)2)23(26)27-14-17-3-7-20(24)8-4-17/h3-12H,14H2,1-2H3,(H2,26,27)(H,28,29). The summed E-state index contributed by atoms with van der Waals surface area (Å²) in [6, 6.07) is 20.6. The highest BCUT2D eigenvalue weighted by Crippen LogP contribution is 2.22. The fourth-order valence-electron chi connectivity index (χ4n) is 2.78. The summed E-state index contributed by atoms with van der Waals surface area (Å²) in [5.41, 5.74) is 14.9. The van der Waals surface area contributed by atoms with E-state index >= 15 is 0 Å². The molecule has 0 radical (unpaired) electrons. The SMILES string of the molecule is Cc1cc(C(N)=NCc2ccc(Cl)cc2)ccc1N=NNc1ccc(C#N)cc1C. The van der Waals surface area contributed by atoms with Crippen LogP contribution < -0.4 is 11.2 Å². The number of halogens is 1. The van der Waals surface area contributed by atoms with Crippen LogP contribution >= 0.6 is 11.6 Å². The first-order chi connectivity index (χ1) is 14.5. The molecule has 0 fully saturated rings. The number of aliphatic imine (C=N–C) groups is 1. The summed E-state index contributed by atoms with van der Waals surface area (Å²) in [7, 11) is 0. The first-order valence-electron chi connectivity index (χ1n) is 9.29. The van der Waals surface area contributed by atoms with Crippen LogP contribution in [0.2, 0.25) is 5.02 Å². The van der Waals surface area contributed by atoms with Gasteiger partial charge in [-0.05, 0) is 79.1 Å². The van der Waals surface area contributed by atoms with E-state index in [0.717, 1.165) is 33.6 Å². The molecule has 0 bridgehead atoms. The monoisotopic (exact) mass is 416 g/mol. The van der Waals surface area contributed by atoms with Gasteiger partial charge >= 0.3 is 0 Å². The zero-order valence-corrected chi connectivity index (χ0v) is 17.5. The van der Waals surface area contributed by atoms with Crippen LogP contribution in [0.4, 0.5) is 11.4 Å². The molecular formula is C23H21ClN6. The molecule has 0 saturated carbocycles. The molecular weight excluding hydrogens is 396 g/mol. The molecule has 3 aromatic rings. The van der Waals surface area contributed by atoms with Crippen molar-refractivity contribution in [3.63, 3.8) is 0 Å². The number of nitrogens with two attached hydrogens (primary N) is 1. The fourth-order valence-corrected chi connectivity index (χ4v) is 2.90. The normalized spacial score (nSPS) is 11.5. The minimum absolute atomic E-state index is 0.461. The van der Waals surface area contributed by atoms with E-state index in [9.17, 15) is 0 Å². The Bertz CT molecular complexity index is 1140. The summed E-state index contributed by atoms with van der Waals surface area (Å²) in [5, 5.41) is 17.9. The Morgan fingerprint density at radius 2 is 1.80 bits per heavy atom. The van der Waals surface area contributed by atoms with E-state index in [1.54, 1.807) is 18.2 Å². The molecule has 150 valence electrons. The summed E-state index contributed by atoms with van der Waals surface area (Å²) >= 11 is 5.90. The van der Waals surface area contributed by atoms with Gasteiger partial charge in [0.25, 0.3) is 0 Å². The first kappa shape index (κ1) is 21.0. The number of rotatable bonds is 6. The maximum absolute atomic E-state index is 8.94. The zero-order valence-electron chi connectivity index (χ0n) is 16.7. The Balaban J connectivity index is 1.67. The first-order valence-corrected chi connectivity index (χ1v) is 9.67. The van der Waals surface area contributed by atoms with Gasteiger partial charge in [0.1, 0.15) is 5.84 Å². The van der Waals surface area contributed by atoms with Gasteiger partial charge in [-0.15, -0.1) is 5.11 Å². The van der Waals surface area contributed by atoms with E-state index in [1.807, 2.05) is 56.3 Å². The van der Waals surface area contributed by atoms with Crippen LogP contribution in [0.5, 0.6) is 0 Å². The number of benzene rings is 3. The van der Waals surface area contributed by atoms with Crippen molar-refractivity contribution in [1.82, 2.24) is 0 Å². The van der Waals surface area contributed by atoms with Crippen molar-refractivity contribution in [1.29, 1.82) is 5.26 Å². The van der Waals surface area contributed by atoms with Crippen LogP contribution in [0.25, 0.3) is 0 Å². The lowest BCUT2D eigenvalue weighted by molar-refractivity contribution is 1.06. The summed E-state index contributed by atoms with van der Waals surface area (Å²) < 4.78 is 0. The number of amidine groups is 1. The average Bonchev–Trinajstić information content (AvgIpc) is 2.75. The molecule has 0 aliphatic rings. The molecule has 0 aromatic heterocycles. The maximum Gasteiger partial charge on any atom is 0.125 e. The highest BCUT2D eigenvalue weighted by molar-refractivity contribution is 6.30. The van der Waals surface area contributed by atoms with Gasteiger partial charge in [-0.2, -0.15) is 5.26 Å². The minimum Gasteiger partial charge on any atom is -0.383 e. The molecule has 3 N–H and O–H groups in total. The number of nitrogens with zero attached hydrogens (tertiary/aromatic N) is 4. The fraction of sp³-hybridized carbons (Fsp3) is 0.130. The lowest BCUT2D eigenvalue weighted by Gasteiger charge is -2.06. The van der Waals surface area contributed by atoms with Crippen LogP contribution in [0.1, 0.15) is 27.8 Å². The van der Waals surface area contributed by atoms with Crippen molar-refractivity contribution in [2.24, 2.45) is 21.1 Å². The topological polar surface area (TPSA) is 98.9 Å². The molecule has 3 rings (SSSR count). The van der Waals surface area contributed by atoms with Crippen LogP contribution in [0, 0.1) is 25.2 Å². The Kier molecular flexibility index (Phi) is 6.79. The van der Waals surface area contributed by atoms with Gasteiger partial charge in [0.2, 0.25) is 0 Å². The Morgan fingerprint density at radius 3 is 2.47 bits per heavy atom. The molecule has 0 heterocycles. The van der Waals surface area contributed by atoms with Crippen molar-refractivity contribution >= 4 is 28.8 Å². The summed E-state index contributed by atoms with van der Waals surface area (Å²) in [6.07, 6.45) is 0. The predicted molar refractivity (Wildman–Crippen MR) is 121 cm³/mol. The van der Waals surface area contributed by atoms with E-state index in [0.29, 0.717) is 23.0 Å². The third-order valence-corrected chi connectivity index (χ3v) is 4.77. The third-order valence-electron chi connectivity index (χ3n) is 4.52. The average molecular weight is 417 g/mol. The highest BCUT2D eigenvalue weighted by atomic mass is 35.5. The minimum atomic E-state index is 0.461. The van der Waals surface area contributed by atoms with Crippen LogP contribution in [-0.4, -0.2) is 5.84 Å². The van der Waals surface area contributed by atoms with Crippen LogP contribution in [0.3, 0.4) is 0 Å². The van der Waals surface area contributed by atoms with E-state index < -0.39 is 0 Å². The second-order valence-electron chi connectivity index (χ2n) is 6.78. The van der Waals surface area contributed by atoms with Gasteiger partial charge in [-0.25, -0.2) is 0 Å². The molecule has 0 atom stereocenters. The molecule has 0 aliphatic heterocycles. The molecule has 0 saturated heterocycles. The molecule has 0 aliphatic carbocycles. The smallest absolute Gasteiger partial charge is 0.125 e. The van der Waals surface area contributed by atoms with E-state index in [-0.39, 0.29) is 0 Å². The molecule has 7 heteroatoms. The Hall–Kier alpha value is -3.69. The van der Waals surface area contributed by atoms with Gasteiger partial charge in [-0.3, -0.25) is 10.4 Å². The Morgan fingerprint density at radius 1 is 1.03 bits per heavy atom. The second kappa shape index (κ2) is 9.68. The van der Waals surface area contributed by atoms with Crippen molar-refractivity contribution in [3.8, 4) is 6.07 Å². The largest absolute Gasteiger partial charge is 0.383 e. The van der Waals surface area contributed by atoms with Crippen LogP contribution in [-0.2, 0) is 6.54 Å². The van der Waals surface area contributed by atoms with Gasteiger partial charge in [-0.1, -0.05) is 29.0 Å². The summed E-state index contributed by atoms with van der Waals surface area (Å²) in [4.78, 5) is 4.45. The zero-order chi connectivity index (χ0) is 21.5. The molecule has 6 nitrogen and oxygen atoms in total. The molecule has 30 heavy (non-hydrogen) atoms. The van der Waals surface area contributed by atoms with E-state index in [2.05, 4.69) is 26.8 Å². The van der Waals surface area contributed by atoms with Crippen molar-refractivity contribution < 1.29 is 0 Å².